The Morgan fingerprint density at radius 3 is 2.35 bits per heavy atom. The molecule has 1 aliphatic rings. The number of hydrogen-bond acceptors (Lipinski definition) is 4. The Morgan fingerprint density at radius 2 is 1.78 bits per heavy atom. The van der Waals surface area contributed by atoms with Crippen LogP contribution < -0.4 is 4.74 Å². The molecule has 0 aliphatic heterocycles. The van der Waals surface area contributed by atoms with Crippen molar-refractivity contribution < 1.29 is 19.1 Å². The van der Waals surface area contributed by atoms with Gasteiger partial charge in [0.1, 0.15) is 11.9 Å². The summed E-state index contributed by atoms with van der Waals surface area (Å²) in [7, 11) is 0. The molecular formula is C19H26O4. The fourth-order valence-corrected chi connectivity index (χ4v) is 3.28. The van der Waals surface area contributed by atoms with E-state index in [1.54, 1.807) is 24.3 Å². The molecule has 23 heavy (non-hydrogen) atoms. The molecule has 0 heterocycles. The van der Waals surface area contributed by atoms with E-state index in [0.717, 1.165) is 12.8 Å². The van der Waals surface area contributed by atoms with Gasteiger partial charge in [-0.25, -0.2) is 4.79 Å². The normalized spacial score (nSPS) is 24.3. The second-order valence-corrected chi connectivity index (χ2v) is 6.89. The molecule has 0 saturated heterocycles. The van der Waals surface area contributed by atoms with Gasteiger partial charge in [0.05, 0.1) is 5.56 Å². The van der Waals surface area contributed by atoms with E-state index >= 15 is 0 Å². The van der Waals surface area contributed by atoms with Gasteiger partial charge in [-0.05, 0) is 54.9 Å². The van der Waals surface area contributed by atoms with E-state index in [4.69, 9.17) is 9.47 Å². The van der Waals surface area contributed by atoms with Crippen LogP contribution in [0, 0.1) is 17.8 Å². The Kier molecular flexibility index (Phi) is 5.80. The smallest absolute Gasteiger partial charge is 0.338 e. The minimum Gasteiger partial charge on any atom is -0.458 e. The minimum atomic E-state index is -0.378. The minimum absolute atomic E-state index is 0.0144. The molecule has 0 N–H and O–H groups in total. The van der Waals surface area contributed by atoms with E-state index in [9.17, 15) is 9.59 Å². The summed E-state index contributed by atoms with van der Waals surface area (Å²) in [5.41, 5.74) is 0.488. The van der Waals surface area contributed by atoms with Crippen LogP contribution in [0.3, 0.4) is 0 Å². The zero-order valence-corrected chi connectivity index (χ0v) is 14.4. The van der Waals surface area contributed by atoms with Crippen LogP contribution in [0.15, 0.2) is 24.3 Å². The van der Waals surface area contributed by atoms with Gasteiger partial charge >= 0.3 is 11.9 Å². The summed E-state index contributed by atoms with van der Waals surface area (Å²) < 4.78 is 10.8. The highest BCUT2D eigenvalue weighted by Crippen LogP contribution is 2.35. The summed E-state index contributed by atoms with van der Waals surface area (Å²) in [5, 5.41) is 0. The van der Waals surface area contributed by atoms with Crippen molar-refractivity contribution in [2.45, 2.75) is 53.1 Å². The van der Waals surface area contributed by atoms with E-state index in [1.807, 2.05) is 0 Å². The Morgan fingerprint density at radius 1 is 1.13 bits per heavy atom. The van der Waals surface area contributed by atoms with Crippen molar-refractivity contribution >= 4 is 11.9 Å². The Hall–Kier alpha value is -1.84. The fourth-order valence-electron chi connectivity index (χ4n) is 3.28. The van der Waals surface area contributed by atoms with E-state index in [1.165, 1.54) is 13.3 Å². The lowest BCUT2D eigenvalue weighted by Gasteiger charge is -2.36. The highest BCUT2D eigenvalue weighted by atomic mass is 16.5. The van der Waals surface area contributed by atoms with Crippen LogP contribution in [0.25, 0.3) is 0 Å². The molecule has 0 aromatic heterocycles. The zero-order valence-electron chi connectivity index (χ0n) is 14.4. The summed E-state index contributed by atoms with van der Waals surface area (Å²) in [4.78, 5) is 23.3. The average molecular weight is 318 g/mol. The van der Waals surface area contributed by atoms with Gasteiger partial charge in [0, 0.05) is 6.92 Å². The maximum atomic E-state index is 12.4. The molecule has 0 bridgehead atoms. The second-order valence-electron chi connectivity index (χ2n) is 6.89. The molecule has 0 radical (unpaired) electrons. The molecule has 1 aromatic rings. The van der Waals surface area contributed by atoms with Crippen LogP contribution in [0.5, 0.6) is 5.75 Å². The Bertz CT molecular complexity index is 547. The number of esters is 2. The predicted molar refractivity (Wildman–Crippen MR) is 88.3 cm³/mol. The van der Waals surface area contributed by atoms with Crippen molar-refractivity contribution in [2.24, 2.45) is 17.8 Å². The fraction of sp³-hybridized carbons (Fsp3) is 0.579. The molecule has 1 saturated carbocycles. The summed E-state index contributed by atoms with van der Waals surface area (Å²) >= 11 is 0. The third kappa shape index (κ3) is 4.81. The van der Waals surface area contributed by atoms with Crippen molar-refractivity contribution in [1.29, 1.82) is 0 Å². The average Bonchev–Trinajstić information content (AvgIpc) is 2.47. The third-order valence-electron chi connectivity index (χ3n) is 4.57. The highest BCUT2D eigenvalue weighted by Gasteiger charge is 2.33. The number of rotatable bonds is 4. The molecule has 1 aromatic carbocycles. The van der Waals surface area contributed by atoms with Crippen molar-refractivity contribution in [3.63, 3.8) is 0 Å². The largest absolute Gasteiger partial charge is 0.458 e. The molecule has 1 fully saturated rings. The summed E-state index contributed by atoms with van der Waals surface area (Å²) in [6.45, 7) is 7.94. The summed E-state index contributed by atoms with van der Waals surface area (Å²) in [5.74, 6) is 1.28. The van der Waals surface area contributed by atoms with Gasteiger partial charge in [0.25, 0.3) is 0 Å². The van der Waals surface area contributed by atoms with Crippen molar-refractivity contribution in [2.75, 3.05) is 0 Å². The highest BCUT2D eigenvalue weighted by molar-refractivity contribution is 5.89. The first-order valence-electron chi connectivity index (χ1n) is 8.36. The first-order valence-corrected chi connectivity index (χ1v) is 8.36. The first-order chi connectivity index (χ1) is 10.9. The van der Waals surface area contributed by atoms with Crippen molar-refractivity contribution in [1.82, 2.24) is 0 Å². The molecule has 0 spiro atoms. The SMILES string of the molecule is CC(=O)Oc1ccc(C(=O)OC2CC(C)CCC2C(C)C)cc1. The quantitative estimate of drug-likeness (QED) is 0.616. The molecule has 2 rings (SSSR count). The molecule has 3 unspecified atom stereocenters. The van der Waals surface area contributed by atoms with Crippen LogP contribution in [-0.2, 0) is 9.53 Å². The van der Waals surface area contributed by atoms with Gasteiger partial charge in [-0.15, -0.1) is 0 Å². The number of benzene rings is 1. The second kappa shape index (κ2) is 7.62. The number of hydrogen-bond donors (Lipinski definition) is 0. The topological polar surface area (TPSA) is 52.6 Å². The van der Waals surface area contributed by atoms with Gasteiger partial charge < -0.3 is 9.47 Å². The number of ether oxygens (including phenoxy) is 2. The van der Waals surface area contributed by atoms with Gasteiger partial charge in [-0.1, -0.05) is 27.2 Å². The van der Waals surface area contributed by atoms with E-state index in [0.29, 0.717) is 29.1 Å². The van der Waals surface area contributed by atoms with E-state index in [2.05, 4.69) is 20.8 Å². The molecule has 4 heteroatoms. The van der Waals surface area contributed by atoms with Gasteiger partial charge in [0.15, 0.2) is 0 Å². The van der Waals surface area contributed by atoms with Gasteiger partial charge in [-0.3, -0.25) is 4.79 Å². The molecular weight excluding hydrogens is 292 g/mol. The predicted octanol–water partition coefficient (Wildman–Crippen LogP) is 4.23. The first kappa shape index (κ1) is 17.5. The summed E-state index contributed by atoms with van der Waals surface area (Å²) in [6, 6.07) is 6.50. The molecule has 1 aliphatic carbocycles. The molecule has 0 amide bonds. The van der Waals surface area contributed by atoms with Crippen LogP contribution in [-0.4, -0.2) is 18.0 Å². The van der Waals surface area contributed by atoms with Crippen LogP contribution in [0.2, 0.25) is 0 Å². The van der Waals surface area contributed by atoms with Gasteiger partial charge in [0.2, 0.25) is 0 Å². The van der Waals surface area contributed by atoms with Crippen molar-refractivity contribution in [3.05, 3.63) is 29.8 Å². The zero-order chi connectivity index (χ0) is 17.0. The van der Waals surface area contributed by atoms with Crippen molar-refractivity contribution in [3.8, 4) is 5.75 Å². The van der Waals surface area contributed by atoms with E-state index in [-0.39, 0.29) is 18.0 Å². The number of carbonyl (C=O) groups excluding carboxylic acids is 2. The van der Waals surface area contributed by atoms with Gasteiger partial charge in [-0.2, -0.15) is 0 Å². The lowest BCUT2D eigenvalue weighted by molar-refractivity contribution is -0.131. The maximum Gasteiger partial charge on any atom is 0.338 e. The Balaban J connectivity index is 2.03. The summed E-state index contributed by atoms with van der Waals surface area (Å²) in [6.07, 6.45) is 3.23. The Labute approximate surface area is 138 Å². The lowest BCUT2D eigenvalue weighted by atomic mass is 9.75. The van der Waals surface area contributed by atoms with Crippen LogP contribution in [0.1, 0.15) is 57.3 Å². The third-order valence-corrected chi connectivity index (χ3v) is 4.57. The number of carbonyl (C=O) groups is 2. The molecule has 4 nitrogen and oxygen atoms in total. The maximum absolute atomic E-state index is 12.4. The lowest BCUT2D eigenvalue weighted by Crippen LogP contribution is -2.35. The molecule has 126 valence electrons. The monoisotopic (exact) mass is 318 g/mol. The van der Waals surface area contributed by atoms with Crippen LogP contribution >= 0.6 is 0 Å². The van der Waals surface area contributed by atoms with E-state index < -0.39 is 0 Å². The van der Waals surface area contributed by atoms with Crippen LogP contribution in [0.4, 0.5) is 0 Å². The standard InChI is InChI=1S/C19H26O4/c1-12(2)17-10-5-13(3)11-18(17)23-19(21)15-6-8-16(9-7-15)22-14(4)20/h6-9,12-13,17-18H,5,10-11H2,1-4H3. The molecule has 3 atom stereocenters.